The van der Waals surface area contributed by atoms with E-state index in [1.807, 2.05) is 11.6 Å². The summed E-state index contributed by atoms with van der Waals surface area (Å²) in [7, 11) is 0. The molecular weight excluding hydrogens is 304 g/mol. The lowest BCUT2D eigenvalue weighted by atomic mass is 10.2. The maximum absolute atomic E-state index is 5.94. The number of alkyl halides is 1. The number of thiophene rings is 1. The van der Waals surface area contributed by atoms with Crippen molar-refractivity contribution >= 4 is 34.1 Å². The quantitative estimate of drug-likeness (QED) is 0.649. The molecule has 0 bridgehead atoms. The maximum Gasteiger partial charge on any atom is 0.158 e. The van der Waals surface area contributed by atoms with Gasteiger partial charge in [-0.3, -0.25) is 0 Å². The monoisotopic (exact) mass is 322 g/mol. The van der Waals surface area contributed by atoms with Crippen LogP contribution in [-0.2, 0) is 25.9 Å². The molecule has 3 aromatic heterocycles. The molecule has 0 N–H and O–H groups in total. The van der Waals surface area contributed by atoms with Crippen molar-refractivity contribution in [2.45, 2.75) is 39.8 Å². The average molecular weight is 323 g/mol. The third-order valence-corrected chi connectivity index (χ3v) is 4.62. The van der Waals surface area contributed by atoms with Crippen molar-refractivity contribution in [1.29, 1.82) is 0 Å². The predicted molar refractivity (Wildman–Crippen MR) is 88.4 cm³/mol. The summed E-state index contributed by atoms with van der Waals surface area (Å²) >= 11 is 7.68. The predicted octanol–water partition coefficient (Wildman–Crippen LogP) is 3.65. The van der Waals surface area contributed by atoms with Crippen molar-refractivity contribution in [2.24, 2.45) is 0 Å². The topological polar surface area (TPSA) is 35.6 Å². The summed E-state index contributed by atoms with van der Waals surface area (Å²) < 4.78 is 4.34. The van der Waals surface area contributed by atoms with Crippen LogP contribution in [0.2, 0.25) is 0 Å². The molecule has 3 heterocycles. The Morgan fingerprint density at radius 1 is 1.33 bits per heavy atom. The van der Waals surface area contributed by atoms with Crippen LogP contribution in [0.3, 0.4) is 0 Å². The molecule has 0 atom stereocenters. The van der Waals surface area contributed by atoms with Gasteiger partial charge in [-0.2, -0.15) is 16.4 Å². The number of nitrogens with zero attached hydrogens (tertiary/aromatic N) is 4. The van der Waals surface area contributed by atoms with Gasteiger partial charge in [0.2, 0.25) is 0 Å². The molecule has 0 fully saturated rings. The third kappa shape index (κ3) is 2.72. The number of rotatable bonds is 6. The molecule has 0 amide bonds. The fraction of sp³-hybridized carbons (Fsp3) is 0.467. The fourth-order valence-corrected chi connectivity index (χ4v) is 3.55. The first kappa shape index (κ1) is 14.6. The van der Waals surface area contributed by atoms with Crippen LogP contribution in [-0.4, -0.2) is 25.2 Å². The molecule has 112 valence electrons. The van der Waals surface area contributed by atoms with Crippen molar-refractivity contribution in [3.63, 3.8) is 0 Å². The van der Waals surface area contributed by atoms with Gasteiger partial charge in [0.25, 0.3) is 0 Å². The number of aryl methyl sites for hydroxylation is 5. The molecule has 0 aromatic carbocycles. The minimum atomic E-state index is 0.594. The Hall–Kier alpha value is -1.33. The van der Waals surface area contributed by atoms with Crippen LogP contribution in [0.25, 0.3) is 11.2 Å². The summed E-state index contributed by atoms with van der Waals surface area (Å²) in [6.07, 6.45) is 1.81. The number of imidazole rings is 1. The fourth-order valence-electron chi connectivity index (χ4n) is 2.68. The van der Waals surface area contributed by atoms with E-state index in [4.69, 9.17) is 16.6 Å². The van der Waals surface area contributed by atoms with Crippen molar-refractivity contribution in [3.8, 4) is 0 Å². The SMILES string of the molecule is CCn1nc(C)c2nc(CCCl)n(CCc3ccsc3)c21. The standard InChI is InChI=1S/C15H19ClN4S/c1-3-20-15-14(11(2)18-20)17-13(4-7-16)19(15)8-5-12-6-9-21-10-12/h6,9-10H,3-5,7-8H2,1-2H3. The van der Waals surface area contributed by atoms with Gasteiger partial charge in [0.05, 0.1) is 5.69 Å². The van der Waals surface area contributed by atoms with Crippen LogP contribution in [0.15, 0.2) is 16.8 Å². The van der Waals surface area contributed by atoms with Gasteiger partial charge in [-0.15, -0.1) is 11.6 Å². The molecule has 0 spiro atoms. The van der Waals surface area contributed by atoms with E-state index in [0.717, 1.165) is 48.6 Å². The molecule has 0 saturated heterocycles. The highest BCUT2D eigenvalue weighted by Crippen LogP contribution is 2.21. The summed E-state index contributed by atoms with van der Waals surface area (Å²) in [6.45, 7) is 5.91. The Kier molecular flexibility index (Phi) is 4.31. The van der Waals surface area contributed by atoms with E-state index in [0.29, 0.717) is 5.88 Å². The zero-order chi connectivity index (χ0) is 14.8. The van der Waals surface area contributed by atoms with Gasteiger partial charge in [-0.1, -0.05) is 0 Å². The normalized spacial score (nSPS) is 11.6. The second-order valence-corrected chi connectivity index (χ2v) is 6.23. The minimum Gasteiger partial charge on any atom is -0.313 e. The molecule has 4 nitrogen and oxygen atoms in total. The highest BCUT2D eigenvalue weighted by molar-refractivity contribution is 7.07. The Labute approximate surface area is 133 Å². The van der Waals surface area contributed by atoms with Crippen LogP contribution in [0, 0.1) is 6.92 Å². The summed E-state index contributed by atoms with van der Waals surface area (Å²) in [6, 6.07) is 2.18. The van der Waals surface area contributed by atoms with Gasteiger partial charge in [0, 0.05) is 25.4 Å². The Bertz CT molecular complexity index is 727. The van der Waals surface area contributed by atoms with E-state index in [1.165, 1.54) is 5.56 Å². The first-order chi connectivity index (χ1) is 10.2. The number of aromatic nitrogens is 4. The van der Waals surface area contributed by atoms with E-state index >= 15 is 0 Å². The minimum absolute atomic E-state index is 0.594. The number of fused-ring (bicyclic) bond motifs is 1. The van der Waals surface area contributed by atoms with Crippen molar-refractivity contribution in [3.05, 3.63) is 33.9 Å². The average Bonchev–Trinajstić information content (AvgIpc) is 3.16. The zero-order valence-corrected chi connectivity index (χ0v) is 13.9. The van der Waals surface area contributed by atoms with Gasteiger partial charge in [-0.25, -0.2) is 9.67 Å². The van der Waals surface area contributed by atoms with Gasteiger partial charge in [0.15, 0.2) is 5.65 Å². The second-order valence-electron chi connectivity index (χ2n) is 5.07. The molecule has 0 saturated carbocycles. The molecule has 3 aromatic rings. The smallest absolute Gasteiger partial charge is 0.158 e. The van der Waals surface area contributed by atoms with Gasteiger partial charge in [0.1, 0.15) is 11.3 Å². The van der Waals surface area contributed by atoms with Gasteiger partial charge in [-0.05, 0) is 42.7 Å². The van der Waals surface area contributed by atoms with Gasteiger partial charge < -0.3 is 4.57 Å². The Morgan fingerprint density at radius 2 is 2.19 bits per heavy atom. The molecule has 0 aliphatic rings. The van der Waals surface area contributed by atoms with Gasteiger partial charge >= 0.3 is 0 Å². The molecule has 0 aliphatic carbocycles. The van der Waals surface area contributed by atoms with Crippen molar-refractivity contribution < 1.29 is 0 Å². The molecule has 0 aliphatic heterocycles. The summed E-state index contributed by atoms with van der Waals surface area (Å²) in [5.74, 6) is 1.66. The van der Waals surface area contributed by atoms with E-state index in [2.05, 4.69) is 33.4 Å². The lowest BCUT2D eigenvalue weighted by molar-refractivity contribution is 0.611. The first-order valence-electron chi connectivity index (χ1n) is 7.24. The van der Waals surface area contributed by atoms with Crippen LogP contribution >= 0.6 is 22.9 Å². The molecule has 0 radical (unpaired) electrons. The summed E-state index contributed by atoms with van der Waals surface area (Å²) in [5, 5.41) is 8.91. The second kappa shape index (κ2) is 6.20. The van der Waals surface area contributed by atoms with Crippen LogP contribution < -0.4 is 0 Å². The summed E-state index contributed by atoms with van der Waals surface area (Å²) in [5.41, 5.74) is 4.52. The lowest BCUT2D eigenvalue weighted by Gasteiger charge is -2.09. The van der Waals surface area contributed by atoms with E-state index in [-0.39, 0.29) is 0 Å². The van der Waals surface area contributed by atoms with Crippen LogP contribution in [0.1, 0.15) is 24.0 Å². The third-order valence-electron chi connectivity index (χ3n) is 3.70. The van der Waals surface area contributed by atoms with Crippen LogP contribution in [0.4, 0.5) is 0 Å². The van der Waals surface area contributed by atoms with E-state index < -0.39 is 0 Å². The van der Waals surface area contributed by atoms with Crippen molar-refractivity contribution in [2.75, 3.05) is 5.88 Å². The first-order valence-corrected chi connectivity index (χ1v) is 8.71. The highest BCUT2D eigenvalue weighted by Gasteiger charge is 2.17. The summed E-state index contributed by atoms with van der Waals surface area (Å²) in [4.78, 5) is 4.77. The molecular formula is C15H19ClN4S. The van der Waals surface area contributed by atoms with E-state index in [1.54, 1.807) is 11.3 Å². The molecule has 6 heteroatoms. The molecule has 21 heavy (non-hydrogen) atoms. The number of halogens is 1. The largest absolute Gasteiger partial charge is 0.313 e. The maximum atomic E-state index is 5.94. The lowest BCUT2D eigenvalue weighted by Crippen LogP contribution is -2.10. The molecule has 0 unspecified atom stereocenters. The Balaban J connectivity index is 2.01. The van der Waals surface area contributed by atoms with Crippen molar-refractivity contribution in [1.82, 2.24) is 19.3 Å². The highest BCUT2D eigenvalue weighted by atomic mass is 35.5. The van der Waals surface area contributed by atoms with Crippen LogP contribution in [0.5, 0.6) is 0 Å². The Morgan fingerprint density at radius 3 is 2.86 bits per heavy atom. The number of hydrogen-bond acceptors (Lipinski definition) is 3. The zero-order valence-electron chi connectivity index (χ0n) is 12.3. The number of hydrogen-bond donors (Lipinski definition) is 0. The van der Waals surface area contributed by atoms with E-state index in [9.17, 15) is 0 Å². The molecule has 3 rings (SSSR count).